The zero-order chi connectivity index (χ0) is 10.2. The molecular formula is C12H16IN. The molecule has 0 saturated heterocycles. The molecule has 0 aromatic heterocycles. The molecule has 0 aromatic carbocycles. The molecular weight excluding hydrogens is 285 g/mol. The van der Waals surface area contributed by atoms with Gasteiger partial charge in [0.15, 0.2) is 0 Å². The standard InChI is InChI=1S/C12H16IN/c1-11(9-10-14-13)12-7-5-3-2-4-6-8-12/h2-8,11,14H,9-10H2,1H3/b3-2-,4-2?,5-3?,6-4-,7-5?,8-6?,12-7?,12-8?. The van der Waals surface area contributed by atoms with E-state index in [1.165, 1.54) is 12.0 Å². The predicted molar refractivity (Wildman–Crippen MR) is 71.3 cm³/mol. The van der Waals surface area contributed by atoms with Gasteiger partial charge in [0.25, 0.3) is 0 Å². The van der Waals surface area contributed by atoms with Crippen LogP contribution in [0.15, 0.2) is 48.1 Å². The summed E-state index contributed by atoms with van der Waals surface area (Å²) in [7, 11) is 0. The van der Waals surface area contributed by atoms with Crippen LogP contribution in [0, 0.1) is 5.92 Å². The van der Waals surface area contributed by atoms with Crippen LogP contribution in [-0.2, 0) is 0 Å². The quantitative estimate of drug-likeness (QED) is 0.618. The molecule has 0 heterocycles. The topological polar surface area (TPSA) is 12.0 Å². The lowest BCUT2D eigenvalue weighted by Gasteiger charge is -2.11. The number of hydrogen-bond acceptors (Lipinski definition) is 1. The molecule has 1 aliphatic carbocycles. The predicted octanol–water partition coefficient (Wildman–Crippen LogP) is 3.56. The fourth-order valence-electron chi connectivity index (χ4n) is 1.35. The van der Waals surface area contributed by atoms with Crippen LogP contribution in [0.5, 0.6) is 0 Å². The third kappa shape index (κ3) is 4.24. The first-order valence-corrected chi connectivity index (χ1v) is 5.97. The number of nitrogens with one attached hydrogen (secondary N) is 1. The lowest BCUT2D eigenvalue weighted by molar-refractivity contribution is 0.627. The van der Waals surface area contributed by atoms with Crippen molar-refractivity contribution < 1.29 is 0 Å². The third-order valence-corrected chi connectivity index (χ3v) is 2.80. The molecule has 1 atom stereocenters. The van der Waals surface area contributed by atoms with Crippen molar-refractivity contribution in [1.82, 2.24) is 3.53 Å². The van der Waals surface area contributed by atoms with Crippen molar-refractivity contribution in [3.8, 4) is 0 Å². The van der Waals surface area contributed by atoms with Gasteiger partial charge in [0.2, 0.25) is 0 Å². The summed E-state index contributed by atoms with van der Waals surface area (Å²) in [4.78, 5) is 0. The maximum absolute atomic E-state index is 3.15. The second-order valence-corrected chi connectivity index (χ2v) is 4.13. The molecule has 0 saturated carbocycles. The van der Waals surface area contributed by atoms with Crippen molar-refractivity contribution in [3.63, 3.8) is 0 Å². The van der Waals surface area contributed by atoms with Crippen molar-refractivity contribution in [2.24, 2.45) is 5.92 Å². The second kappa shape index (κ2) is 7.01. The van der Waals surface area contributed by atoms with Gasteiger partial charge in [-0.3, -0.25) is 3.53 Å². The molecule has 1 N–H and O–H groups in total. The van der Waals surface area contributed by atoms with Crippen molar-refractivity contribution in [2.75, 3.05) is 6.54 Å². The van der Waals surface area contributed by atoms with Crippen LogP contribution in [0.1, 0.15) is 13.3 Å². The molecule has 0 aliphatic heterocycles. The van der Waals surface area contributed by atoms with E-state index >= 15 is 0 Å². The monoisotopic (exact) mass is 301 g/mol. The van der Waals surface area contributed by atoms with Crippen LogP contribution in [-0.4, -0.2) is 6.54 Å². The van der Waals surface area contributed by atoms with Crippen molar-refractivity contribution >= 4 is 22.9 Å². The lowest BCUT2D eigenvalue weighted by atomic mass is 9.96. The molecule has 76 valence electrons. The Morgan fingerprint density at radius 3 is 2.71 bits per heavy atom. The molecule has 1 rings (SSSR count). The Balaban J connectivity index is 2.56. The van der Waals surface area contributed by atoms with Crippen molar-refractivity contribution in [3.05, 3.63) is 48.1 Å². The molecule has 0 fully saturated rings. The molecule has 14 heavy (non-hydrogen) atoms. The maximum atomic E-state index is 3.15. The lowest BCUT2D eigenvalue weighted by Crippen LogP contribution is -2.07. The van der Waals surface area contributed by atoms with Gasteiger partial charge in [0, 0.05) is 29.4 Å². The molecule has 2 heteroatoms. The van der Waals surface area contributed by atoms with Gasteiger partial charge in [-0.2, -0.15) is 0 Å². The van der Waals surface area contributed by atoms with Crippen LogP contribution >= 0.6 is 22.9 Å². The Bertz CT molecular complexity index is 274. The third-order valence-electron chi connectivity index (χ3n) is 2.26. The summed E-state index contributed by atoms with van der Waals surface area (Å²) < 4.78 is 3.15. The van der Waals surface area contributed by atoms with E-state index in [0.29, 0.717) is 5.92 Å². The Morgan fingerprint density at radius 2 is 1.93 bits per heavy atom. The van der Waals surface area contributed by atoms with E-state index in [-0.39, 0.29) is 0 Å². The highest BCUT2D eigenvalue weighted by Gasteiger charge is 2.04. The maximum Gasteiger partial charge on any atom is 0.0169 e. The highest BCUT2D eigenvalue weighted by Crippen LogP contribution is 2.16. The first-order chi connectivity index (χ1) is 6.84. The summed E-state index contributed by atoms with van der Waals surface area (Å²) >= 11 is 2.19. The van der Waals surface area contributed by atoms with Gasteiger partial charge in [-0.15, -0.1) is 0 Å². The summed E-state index contributed by atoms with van der Waals surface area (Å²) in [6, 6.07) is 0. The highest BCUT2D eigenvalue weighted by molar-refractivity contribution is 14.1. The molecule has 0 aromatic rings. The molecule has 0 radical (unpaired) electrons. The van der Waals surface area contributed by atoms with Gasteiger partial charge in [-0.1, -0.05) is 49.5 Å². The Morgan fingerprint density at radius 1 is 1.21 bits per heavy atom. The summed E-state index contributed by atoms with van der Waals surface area (Å²) in [6.07, 6.45) is 15.9. The largest absolute Gasteiger partial charge is 0.261 e. The van der Waals surface area contributed by atoms with Crippen molar-refractivity contribution in [1.29, 1.82) is 0 Å². The van der Waals surface area contributed by atoms with Gasteiger partial charge in [-0.05, 0) is 17.9 Å². The number of hydrogen-bond donors (Lipinski definition) is 1. The summed E-state index contributed by atoms with van der Waals surface area (Å²) in [5, 5.41) is 0. The van der Waals surface area contributed by atoms with Gasteiger partial charge < -0.3 is 0 Å². The Labute approximate surface area is 100 Å². The van der Waals surface area contributed by atoms with E-state index in [4.69, 9.17) is 0 Å². The van der Waals surface area contributed by atoms with E-state index in [1.807, 2.05) is 6.08 Å². The number of rotatable bonds is 4. The SMILES string of the molecule is CC(CCNI)C1=C/C=C\C=C/C=C1. The van der Waals surface area contributed by atoms with Crippen molar-refractivity contribution in [2.45, 2.75) is 13.3 Å². The number of halogens is 1. The zero-order valence-corrected chi connectivity index (χ0v) is 10.6. The Kier molecular flexibility index (Phi) is 5.87. The van der Waals surface area contributed by atoms with E-state index in [9.17, 15) is 0 Å². The van der Waals surface area contributed by atoms with Gasteiger partial charge in [-0.25, -0.2) is 0 Å². The zero-order valence-electron chi connectivity index (χ0n) is 8.41. The normalized spacial score (nSPS) is 22.0. The molecule has 1 nitrogen and oxygen atoms in total. The van der Waals surface area contributed by atoms with Crippen LogP contribution in [0.25, 0.3) is 0 Å². The molecule has 0 spiro atoms. The van der Waals surface area contributed by atoms with Gasteiger partial charge in [0.05, 0.1) is 0 Å². The minimum absolute atomic E-state index is 0.615. The number of allylic oxidation sites excluding steroid dienone is 8. The highest BCUT2D eigenvalue weighted by atomic mass is 127. The summed E-state index contributed by atoms with van der Waals surface area (Å²) in [5.74, 6) is 0.615. The fourth-order valence-corrected chi connectivity index (χ4v) is 1.66. The smallest absolute Gasteiger partial charge is 0.0169 e. The van der Waals surface area contributed by atoms with Crippen LogP contribution < -0.4 is 3.53 Å². The molecule has 1 aliphatic rings. The summed E-state index contributed by atoms with van der Waals surface area (Å²) in [5.41, 5.74) is 1.40. The van der Waals surface area contributed by atoms with Crippen LogP contribution in [0.3, 0.4) is 0 Å². The van der Waals surface area contributed by atoms with Crippen LogP contribution in [0.2, 0.25) is 0 Å². The van der Waals surface area contributed by atoms with Gasteiger partial charge in [0.1, 0.15) is 0 Å². The van der Waals surface area contributed by atoms with Gasteiger partial charge >= 0.3 is 0 Å². The first kappa shape index (κ1) is 11.7. The minimum atomic E-state index is 0.615. The molecule has 0 amide bonds. The van der Waals surface area contributed by atoms with E-state index < -0.39 is 0 Å². The molecule has 0 bridgehead atoms. The average molecular weight is 301 g/mol. The Hall–Kier alpha value is -0.350. The second-order valence-electron chi connectivity index (χ2n) is 3.37. The summed E-state index contributed by atoms with van der Waals surface area (Å²) in [6.45, 7) is 3.33. The van der Waals surface area contributed by atoms with E-state index in [0.717, 1.165) is 6.54 Å². The average Bonchev–Trinajstić information content (AvgIpc) is 2.13. The minimum Gasteiger partial charge on any atom is -0.261 e. The fraction of sp³-hybridized carbons (Fsp3) is 0.333. The van der Waals surface area contributed by atoms with E-state index in [1.54, 1.807) is 0 Å². The van der Waals surface area contributed by atoms with Crippen LogP contribution in [0.4, 0.5) is 0 Å². The first-order valence-electron chi connectivity index (χ1n) is 4.89. The molecule has 1 unspecified atom stereocenters. The van der Waals surface area contributed by atoms with E-state index in [2.05, 4.69) is 69.8 Å².